The van der Waals surface area contributed by atoms with E-state index in [9.17, 15) is 4.79 Å². The molecule has 0 aromatic rings. The Morgan fingerprint density at radius 2 is 1.67 bits per heavy atom. The molecule has 1 amide bonds. The van der Waals surface area contributed by atoms with Crippen molar-refractivity contribution < 1.29 is 4.79 Å². The SMILES string of the molecule is CN1C(C)(C)CC(CC(N)=O)CC1(C)C. The van der Waals surface area contributed by atoms with Crippen LogP contribution in [0.5, 0.6) is 0 Å². The summed E-state index contributed by atoms with van der Waals surface area (Å²) in [6, 6.07) is 0. The summed E-state index contributed by atoms with van der Waals surface area (Å²) in [5, 5.41) is 0. The van der Waals surface area contributed by atoms with E-state index in [0.29, 0.717) is 12.3 Å². The van der Waals surface area contributed by atoms with Crippen LogP contribution in [-0.2, 0) is 4.79 Å². The molecule has 0 aliphatic carbocycles. The van der Waals surface area contributed by atoms with Crippen molar-refractivity contribution in [1.29, 1.82) is 0 Å². The van der Waals surface area contributed by atoms with Crippen molar-refractivity contribution in [1.82, 2.24) is 4.90 Å². The predicted octanol–water partition coefficient (Wildman–Crippen LogP) is 1.76. The van der Waals surface area contributed by atoms with Gasteiger partial charge in [0.05, 0.1) is 0 Å². The number of carbonyl (C=O) groups excluding carboxylic acids is 1. The summed E-state index contributed by atoms with van der Waals surface area (Å²) in [6.07, 6.45) is 2.63. The molecule has 0 aromatic heterocycles. The molecule has 0 saturated carbocycles. The van der Waals surface area contributed by atoms with Crippen molar-refractivity contribution in [2.24, 2.45) is 11.7 Å². The maximum absolute atomic E-state index is 11.0. The highest BCUT2D eigenvalue weighted by Crippen LogP contribution is 2.41. The fraction of sp³-hybridized carbons (Fsp3) is 0.917. The first kappa shape index (κ1) is 12.5. The highest BCUT2D eigenvalue weighted by molar-refractivity contribution is 5.74. The summed E-state index contributed by atoms with van der Waals surface area (Å²) in [5.74, 6) is 0.264. The molecule has 1 heterocycles. The molecule has 0 radical (unpaired) electrons. The van der Waals surface area contributed by atoms with E-state index in [1.54, 1.807) is 0 Å². The minimum absolute atomic E-state index is 0.155. The van der Waals surface area contributed by atoms with Crippen LogP contribution in [0.3, 0.4) is 0 Å². The van der Waals surface area contributed by atoms with E-state index in [1.807, 2.05) is 0 Å². The van der Waals surface area contributed by atoms with Crippen LogP contribution in [-0.4, -0.2) is 28.9 Å². The first-order valence-corrected chi connectivity index (χ1v) is 5.67. The Kier molecular flexibility index (Phi) is 3.15. The van der Waals surface area contributed by atoms with Gasteiger partial charge in [-0.25, -0.2) is 0 Å². The number of hydrogen-bond acceptors (Lipinski definition) is 2. The van der Waals surface area contributed by atoms with Gasteiger partial charge in [-0.2, -0.15) is 0 Å². The fourth-order valence-corrected chi connectivity index (χ4v) is 3.01. The third-order valence-electron chi connectivity index (χ3n) is 3.88. The molecular formula is C12H24N2O. The van der Waals surface area contributed by atoms with Crippen LogP contribution < -0.4 is 5.73 Å². The third-order valence-corrected chi connectivity index (χ3v) is 3.88. The first-order chi connectivity index (χ1) is 6.65. The molecule has 88 valence electrons. The van der Waals surface area contributed by atoms with Gasteiger partial charge in [0.2, 0.25) is 5.91 Å². The van der Waals surface area contributed by atoms with Crippen molar-refractivity contribution >= 4 is 5.91 Å². The van der Waals surface area contributed by atoms with Gasteiger partial charge in [0.1, 0.15) is 0 Å². The Morgan fingerprint density at radius 3 is 2.00 bits per heavy atom. The molecule has 1 aliphatic heterocycles. The predicted molar refractivity (Wildman–Crippen MR) is 62.5 cm³/mol. The van der Waals surface area contributed by atoms with Gasteiger partial charge in [0.15, 0.2) is 0 Å². The monoisotopic (exact) mass is 212 g/mol. The number of rotatable bonds is 2. The average Bonchev–Trinajstić information content (AvgIpc) is 1.97. The lowest BCUT2D eigenvalue weighted by molar-refractivity contribution is -0.120. The molecule has 0 aromatic carbocycles. The van der Waals surface area contributed by atoms with Gasteiger partial charge < -0.3 is 5.73 Å². The van der Waals surface area contributed by atoms with E-state index in [0.717, 1.165) is 12.8 Å². The van der Waals surface area contributed by atoms with Crippen LogP contribution in [0.15, 0.2) is 0 Å². The molecule has 3 nitrogen and oxygen atoms in total. The largest absolute Gasteiger partial charge is 0.370 e. The van der Waals surface area contributed by atoms with E-state index in [-0.39, 0.29) is 17.0 Å². The molecule has 0 unspecified atom stereocenters. The Labute approximate surface area is 93.0 Å². The second-order valence-electron chi connectivity index (χ2n) is 6.13. The maximum Gasteiger partial charge on any atom is 0.217 e. The van der Waals surface area contributed by atoms with Gasteiger partial charge in [-0.15, -0.1) is 0 Å². The summed E-state index contributed by atoms with van der Waals surface area (Å²) in [7, 11) is 2.17. The molecule has 2 N–H and O–H groups in total. The lowest BCUT2D eigenvalue weighted by Gasteiger charge is -2.53. The quantitative estimate of drug-likeness (QED) is 0.758. The minimum atomic E-state index is -0.170. The maximum atomic E-state index is 11.0. The molecular weight excluding hydrogens is 188 g/mol. The molecule has 15 heavy (non-hydrogen) atoms. The molecule has 1 fully saturated rings. The highest BCUT2D eigenvalue weighted by Gasteiger charge is 2.43. The Balaban J connectivity index is 2.79. The van der Waals surface area contributed by atoms with Crippen LogP contribution in [0.1, 0.15) is 47.0 Å². The van der Waals surface area contributed by atoms with E-state index in [2.05, 4.69) is 39.6 Å². The number of likely N-dealkylation sites (tertiary alicyclic amines) is 1. The van der Waals surface area contributed by atoms with Crippen LogP contribution in [0.25, 0.3) is 0 Å². The topological polar surface area (TPSA) is 46.3 Å². The van der Waals surface area contributed by atoms with E-state index in [4.69, 9.17) is 5.73 Å². The van der Waals surface area contributed by atoms with Gasteiger partial charge in [-0.3, -0.25) is 9.69 Å². The van der Waals surface area contributed by atoms with Gasteiger partial charge in [0, 0.05) is 17.5 Å². The molecule has 0 bridgehead atoms. The Hall–Kier alpha value is -0.570. The number of nitrogens with two attached hydrogens (primary N) is 1. The second-order valence-corrected chi connectivity index (χ2v) is 6.13. The first-order valence-electron chi connectivity index (χ1n) is 5.67. The van der Waals surface area contributed by atoms with Gasteiger partial charge in [-0.05, 0) is 53.5 Å². The van der Waals surface area contributed by atoms with Gasteiger partial charge in [0.25, 0.3) is 0 Å². The van der Waals surface area contributed by atoms with Crippen molar-refractivity contribution in [3.63, 3.8) is 0 Å². The number of primary amides is 1. The minimum Gasteiger partial charge on any atom is -0.370 e. The van der Waals surface area contributed by atoms with Crippen LogP contribution >= 0.6 is 0 Å². The molecule has 1 saturated heterocycles. The fourth-order valence-electron chi connectivity index (χ4n) is 3.01. The molecule has 1 aliphatic rings. The zero-order chi connectivity index (χ0) is 11.9. The van der Waals surface area contributed by atoms with E-state index >= 15 is 0 Å². The van der Waals surface area contributed by atoms with Crippen molar-refractivity contribution in [3.05, 3.63) is 0 Å². The van der Waals surface area contributed by atoms with Crippen molar-refractivity contribution in [3.8, 4) is 0 Å². The number of hydrogen-bond donors (Lipinski definition) is 1. The summed E-state index contributed by atoms with van der Waals surface area (Å²) in [4.78, 5) is 13.4. The lowest BCUT2D eigenvalue weighted by Crippen LogP contribution is -2.58. The Bertz CT molecular complexity index is 240. The van der Waals surface area contributed by atoms with Crippen LogP contribution in [0.4, 0.5) is 0 Å². The highest BCUT2D eigenvalue weighted by atomic mass is 16.1. The average molecular weight is 212 g/mol. The lowest BCUT2D eigenvalue weighted by atomic mass is 9.73. The summed E-state index contributed by atoms with van der Waals surface area (Å²) in [6.45, 7) is 8.95. The normalized spacial score (nSPS) is 26.5. The van der Waals surface area contributed by atoms with E-state index in [1.165, 1.54) is 0 Å². The molecule has 0 atom stereocenters. The smallest absolute Gasteiger partial charge is 0.217 e. The summed E-state index contributed by atoms with van der Waals surface area (Å²) < 4.78 is 0. The number of piperidine rings is 1. The number of nitrogens with zero attached hydrogens (tertiary/aromatic N) is 1. The molecule has 3 heteroatoms. The standard InChI is InChI=1S/C12H24N2O/c1-11(2)7-9(6-10(13)15)8-12(3,4)14(11)5/h9H,6-8H2,1-5H3,(H2,13,15). The Morgan fingerprint density at radius 1 is 1.27 bits per heavy atom. The second kappa shape index (κ2) is 3.78. The number of amides is 1. The summed E-state index contributed by atoms with van der Waals surface area (Å²) in [5.41, 5.74) is 5.59. The van der Waals surface area contributed by atoms with Crippen molar-refractivity contribution in [2.75, 3.05) is 7.05 Å². The number of carbonyl (C=O) groups is 1. The van der Waals surface area contributed by atoms with Crippen LogP contribution in [0.2, 0.25) is 0 Å². The zero-order valence-corrected chi connectivity index (χ0v) is 10.6. The zero-order valence-electron chi connectivity index (χ0n) is 10.6. The van der Waals surface area contributed by atoms with Gasteiger partial charge >= 0.3 is 0 Å². The summed E-state index contributed by atoms with van der Waals surface area (Å²) >= 11 is 0. The van der Waals surface area contributed by atoms with E-state index < -0.39 is 0 Å². The van der Waals surface area contributed by atoms with Crippen LogP contribution in [0, 0.1) is 5.92 Å². The molecule has 0 spiro atoms. The van der Waals surface area contributed by atoms with Gasteiger partial charge in [-0.1, -0.05) is 0 Å². The molecule has 1 rings (SSSR count). The third kappa shape index (κ3) is 2.71. The van der Waals surface area contributed by atoms with Crippen molar-refractivity contribution in [2.45, 2.75) is 58.0 Å².